The third-order valence-corrected chi connectivity index (χ3v) is 14.5. The molecule has 3 heterocycles. The molecule has 1 aliphatic rings. The number of aromatic nitrogens is 2. The topological polar surface area (TPSA) is 25.8 Å². The Morgan fingerprint density at radius 1 is 0.694 bits per heavy atom. The average molecular weight is 703 g/mol. The van der Waals surface area contributed by atoms with Gasteiger partial charge in [0, 0.05) is 26.3 Å². The maximum atomic E-state index is 4.66. The second-order valence-corrected chi connectivity index (χ2v) is 19.0. The van der Waals surface area contributed by atoms with E-state index in [1.807, 2.05) is 36.7 Å². The summed E-state index contributed by atoms with van der Waals surface area (Å²) in [6.07, 6.45) is 3.73. The molecule has 2 nitrogen and oxygen atoms in total. The van der Waals surface area contributed by atoms with Gasteiger partial charge in [-0.1, -0.05) is 18.6 Å². The first kappa shape index (κ1) is 24.8. The van der Waals surface area contributed by atoms with E-state index in [-0.39, 0.29) is 20.1 Å². The van der Waals surface area contributed by atoms with E-state index in [0.717, 1.165) is 16.8 Å². The van der Waals surface area contributed by atoms with Crippen molar-refractivity contribution in [1.29, 1.82) is 0 Å². The Morgan fingerprint density at radius 3 is 2.25 bits per heavy atom. The molecule has 7 rings (SSSR count). The Bertz CT molecular complexity index is 1630. The summed E-state index contributed by atoms with van der Waals surface area (Å²) in [6, 6.07) is 32.3. The van der Waals surface area contributed by atoms with Gasteiger partial charge in [-0.15, -0.1) is 35.4 Å². The van der Waals surface area contributed by atoms with Crippen LogP contribution in [0.1, 0.15) is 11.1 Å². The van der Waals surface area contributed by atoms with Gasteiger partial charge in [-0.3, -0.25) is 0 Å². The Morgan fingerprint density at radius 2 is 1.44 bits per heavy atom. The molecular weight excluding hydrogens is 677 g/mol. The van der Waals surface area contributed by atoms with Crippen LogP contribution in [-0.4, -0.2) is 23.2 Å². The minimum absolute atomic E-state index is 0. The summed E-state index contributed by atoms with van der Waals surface area (Å²) in [5, 5.41) is 6.74. The van der Waals surface area contributed by atoms with Crippen LogP contribution >= 0.6 is 0 Å². The molecule has 6 aromatic rings. The zero-order valence-corrected chi connectivity index (χ0v) is 25.3. The minimum atomic E-state index is -2.16. The van der Waals surface area contributed by atoms with Gasteiger partial charge in [-0.25, -0.2) is 0 Å². The summed E-state index contributed by atoms with van der Waals surface area (Å²) in [5.74, 6) is 5.00. The van der Waals surface area contributed by atoms with Crippen molar-refractivity contribution >= 4 is 54.5 Å². The van der Waals surface area contributed by atoms with Crippen molar-refractivity contribution in [3.8, 4) is 11.3 Å². The van der Waals surface area contributed by atoms with Crippen molar-refractivity contribution in [2.24, 2.45) is 0 Å². The van der Waals surface area contributed by atoms with E-state index >= 15 is 0 Å². The van der Waals surface area contributed by atoms with Crippen molar-refractivity contribution in [2.45, 2.75) is 25.4 Å². The van der Waals surface area contributed by atoms with Crippen molar-refractivity contribution < 1.29 is 20.1 Å². The second kappa shape index (κ2) is 9.55. The van der Waals surface area contributed by atoms with Gasteiger partial charge in [0.25, 0.3) is 0 Å². The van der Waals surface area contributed by atoms with Gasteiger partial charge < -0.3 is 4.98 Å². The Balaban J connectivity index is 0.000000157. The van der Waals surface area contributed by atoms with Crippen LogP contribution in [0.3, 0.4) is 0 Å². The van der Waals surface area contributed by atoms with E-state index in [4.69, 9.17) is 0 Å². The van der Waals surface area contributed by atoms with Gasteiger partial charge in [0.2, 0.25) is 0 Å². The summed E-state index contributed by atoms with van der Waals surface area (Å²) >= 11 is -2.16. The molecule has 0 amide bonds. The van der Waals surface area contributed by atoms with Gasteiger partial charge >= 0.3 is 126 Å². The summed E-state index contributed by atoms with van der Waals surface area (Å²) < 4.78 is 3.19. The molecule has 0 saturated heterocycles. The van der Waals surface area contributed by atoms with Gasteiger partial charge in [-0.05, 0) is 18.7 Å². The fourth-order valence-corrected chi connectivity index (χ4v) is 11.8. The van der Waals surface area contributed by atoms with E-state index in [1.165, 1.54) is 38.1 Å². The van der Waals surface area contributed by atoms with Crippen LogP contribution in [0, 0.1) is 26.0 Å². The Hall–Kier alpha value is -2.85. The third kappa shape index (κ3) is 4.00. The predicted octanol–water partition coefficient (Wildman–Crippen LogP) is 6.64. The molecule has 1 aliphatic heterocycles. The number of rotatable bonds is 1. The summed E-state index contributed by atoms with van der Waals surface area (Å²) in [4.78, 5) is 8.98. The first-order chi connectivity index (χ1) is 16.9. The first-order valence-corrected chi connectivity index (χ1v) is 18.3. The maximum Gasteiger partial charge on any atom is 0 e. The van der Waals surface area contributed by atoms with Crippen molar-refractivity contribution in [3.05, 3.63) is 108 Å². The quantitative estimate of drug-likeness (QED) is 0.109. The molecule has 0 bridgehead atoms. The number of pyridine rings is 2. The molecule has 0 atom stereocenters. The van der Waals surface area contributed by atoms with Gasteiger partial charge in [0.1, 0.15) is 0 Å². The summed E-state index contributed by atoms with van der Waals surface area (Å²) in [7, 11) is 0. The molecule has 4 aromatic carbocycles. The monoisotopic (exact) mass is 705 g/mol. The van der Waals surface area contributed by atoms with E-state index < -0.39 is 13.3 Å². The van der Waals surface area contributed by atoms with Crippen molar-refractivity contribution in [3.63, 3.8) is 0 Å². The minimum Gasteiger partial charge on any atom is 0 e. The molecule has 0 aliphatic carbocycles. The van der Waals surface area contributed by atoms with Crippen LogP contribution in [0.5, 0.6) is 0 Å². The standard InChI is InChI=1S/C19H14GeN.C13H12N.Ir/c1-20(2)15-9-3-6-12-13-8-5-11-21-19(13)14-7-4-10-16(20)18(14)17(12)15;1-10-4-3-5-12(8-10)13-9-11(2)6-7-14-13;/h3-6,8-11H,1-2H3;3-4,6-9H,1-2H3;/q2*-1;. The van der Waals surface area contributed by atoms with E-state index in [2.05, 4.69) is 96.0 Å². The molecule has 0 unspecified atom stereocenters. The largest absolute Gasteiger partial charge is 0 e. The Labute approximate surface area is 228 Å². The first-order valence-electron chi connectivity index (χ1n) is 12.0. The van der Waals surface area contributed by atoms with Crippen LogP contribution < -0.4 is 8.79 Å². The molecule has 0 fully saturated rings. The molecule has 0 N–H and O–H groups in total. The molecule has 36 heavy (non-hydrogen) atoms. The Kier molecular flexibility index (Phi) is 6.59. The van der Waals surface area contributed by atoms with Crippen LogP contribution in [0.4, 0.5) is 0 Å². The van der Waals surface area contributed by atoms with Crippen LogP contribution in [0.25, 0.3) is 43.7 Å². The number of hydrogen-bond acceptors (Lipinski definition) is 2. The zero-order chi connectivity index (χ0) is 24.2. The molecule has 179 valence electrons. The predicted molar refractivity (Wildman–Crippen MR) is 150 cm³/mol. The van der Waals surface area contributed by atoms with Crippen molar-refractivity contribution in [1.82, 2.24) is 9.97 Å². The number of hydrogen-bond donors (Lipinski definition) is 0. The van der Waals surface area contributed by atoms with Gasteiger partial charge in [0.15, 0.2) is 0 Å². The third-order valence-electron chi connectivity index (χ3n) is 7.14. The molecular formula is C32H26GeIrN2-2. The normalized spacial score (nSPS) is 13.0. The fourth-order valence-electron chi connectivity index (χ4n) is 5.41. The SMILES string of the molecule is Cc1cc[c-]c(-c2cc(C)ccn2)c1.[CH3][Ge]1([CH3])[c]2cc[c-]c3c4ncccc4c4ccc[c]1c4c23.[Ir]. The molecule has 0 saturated carbocycles. The number of fused-ring (bicyclic) bond motifs is 3. The molecule has 2 aromatic heterocycles. The van der Waals surface area contributed by atoms with Crippen LogP contribution in [-0.2, 0) is 20.1 Å². The molecule has 1 radical (unpaired) electrons. The maximum absolute atomic E-state index is 4.66. The van der Waals surface area contributed by atoms with Gasteiger partial charge in [0.05, 0.1) is 0 Å². The van der Waals surface area contributed by atoms with Crippen molar-refractivity contribution in [2.75, 3.05) is 0 Å². The number of aryl methyl sites for hydroxylation is 2. The fraction of sp³-hybridized carbons (Fsp3) is 0.125. The summed E-state index contributed by atoms with van der Waals surface area (Å²) in [5.41, 5.74) is 5.62. The molecule has 4 heteroatoms. The summed E-state index contributed by atoms with van der Waals surface area (Å²) in [6.45, 7) is 4.15. The zero-order valence-electron chi connectivity index (χ0n) is 20.8. The average Bonchev–Trinajstić information content (AvgIpc) is 3.12. The van der Waals surface area contributed by atoms with E-state index in [1.54, 1.807) is 8.79 Å². The van der Waals surface area contributed by atoms with E-state index in [9.17, 15) is 0 Å². The second-order valence-electron chi connectivity index (χ2n) is 9.89. The van der Waals surface area contributed by atoms with Gasteiger partial charge in [-0.2, -0.15) is 0 Å². The number of benzene rings is 4. The van der Waals surface area contributed by atoms with Crippen LogP contribution in [0.2, 0.25) is 11.5 Å². The smallest absolute Gasteiger partial charge is 0 e. The van der Waals surface area contributed by atoms with E-state index in [0.29, 0.717) is 0 Å². The van der Waals surface area contributed by atoms with Crippen LogP contribution in [0.15, 0.2) is 85.2 Å². The number of nitrogens with zero attached hydrogens (tertiary/aromatic N) is 2. The molecule has 0 spiro atoms.